The molecule has 2 N–H and O–H groups in total. The predicted molar refractivity (Wildman–Crippen MR) is 114 cm³/mol. The van der Waals surface area contributed by atoms with Crippen LogP contribution in [0.4, 0.5) is 5.69 Å². The lowest BCUT2D eigenvalue weighted by Gasteiger charge is -2.11. The van der Waals surface area contributed by atoms with Gasteiger partial charge in [-0.25, -0.2) is 0 Å². The number of ether oxygens (including phenoxy) is 1. The molecule has 7 heteroatoms. The van der Waals surface area contributed by atoms with Crippen molar-refractivity contribution in [3.8, 4) is 5.75 Å². The number of amides is 2. The molecule has 0 radical (unpaired) electrons. The number of carbonyl (C=O) groups is 2. The van der Waals surface area contributed by atoms with E-state index in [2.05, 4.69) is 15.6 Å². The predicted octanol–water partition coefficient (Wildman–Crippen LogP) is 4.18. The average Bonchev–Trinajstić information content (AvgIpc) is 2.72. The van der Waals surface area contributed by atoms with Crippen molar-refractivity contribution >= 4 is 40.0 Å². The molecule has 0 fully saturated rings. The van der Waals surface area contributed by atoms with E-state index in [4.69, 9.17) is 16.3 Å². The number of hydrogen-bond acceptors (Lipinski definition) is 4. The zero-order valence-electron chi connectivity index (χ0n) is 16.2. The second kappa shape index (κ2) is 9.39. The van der Waals surface area contributed by atoms with Crippen LogP contribution >= 0.6 is 11.6 Å². The Morgan fingerprint density at radius 2 is 1.97 bits per heavy atom. The van der Waals surface area contributed by atoms with E-state index in [1.54, 1.807) is 24.4 Å². The van der Waals surface area contributed by atoms with Gasteiger partial charge in [0, 0.05) is 29.7 Å². The minimum Gasteiger partial charge on any atom is -0.481 e. The fourth-order valence-electron chi connectivity index (χ4n) is 2.67. The maximum absolute atomic E-state index is 12.2. The van der Waals surface area contributed by atoms with Crippen LogP contribution in [0.25, 0.3) is 10.9 Å². The number of hydrogen-bond donors (Lipinski definition) is 2. The topological polar surface area (TPSA) is 80.3 Å². The Morgan fingerprint density at radius 3 is 2.76 bits per heavy atom. The standard InChI is InChI=1S/C22H22ClN3O3/c1-14(2)22(28)26-16-6-3-5-15(11-16)12-25-20(27)13-29-19-9-8-18(23)17-7-4-10-24-21(17)19/h3-11,14H,12-13H2,1-2H3,(H,25,27)(H,26,28). The summed E-state index contributed by atoms with van der Waals surface area (Å²) in [6.45, 7) is 3.85. The van der Waals surface area contributed by atoms with Crippen LogP contribution in [0.3, 0.4) is 0 Å². The molecule has 0 saturated heterocycles. The number of pyridine rings is 1. The number of halogens is 1. The third kappa shape index (κ3) is 5.45. The van der Waals surface area contributed by atoms with Crippen molar-refractivity contribution in [2.24, 2.45) is 5.92 Å². The van der Waals surface area contributed by atoms with Gasteiger partial charge in [0.15, 0.2) is 6.61 Å². The highest BCUT2D eigenvalue weighted by Gasteiger charge is 2.10. The number of nitrogens with zero attached hydrogens (tertiary/aromatic N) is 1. The van der Waals surface area contributed by atoms with Gasteiger partial charge >= 0.3 is 0 Å². The number of anilines is 1. The Balaban J connectivity index is 1.56. The number of benzene rings is 2. The van der Waals surface area contributed by atoms with Gasteiger partial charge in [-0.15, -0.1) is 0 Å². The van der Waals surface area contributed by atoms with Crippen LogP contribution in [0.15, 0.2) is 54.7 Å². The van der Waals surface area contributed by atoms with Gasteiger partial charge in [-0.3, -0.25) is 14.6 Å². The van der Waals surface area contributed by atoms with Crippen molar-refractivity contribution < 1.29 is 14.3 Å². The Hall–Kier alpha value is -3.12. The Kier molecular flexibility index (Phi) is 6.67. The number of aromatic nitrogens is 1. The Labute approximate surface area is 174 Å². The monoisotopic (exact) mass is 411 g/mol. The largest absolute Gasteiger partial charge is 0.481 e. The molecule has 0 saturated carbocycles. The quantitative estimate of drug-likeness (QED) is 0.611. The number of rotatable bonds is 7. The molecule has 0 bridgehead atoms. The SMILES string of the molecule is CC(C)C(=O)Nc1cccc(CNC(=O)COc2ccc(Cl)c3cccnc23)c1. The molecule has 0 aliphatic rings. The van der Waals surface area contributed by atoms with Gasteiger partial charge in [-0.1, -0.05) is 37.6 Å². The van der Waals surface area contributed by atoms with Gasteiger partial charge in [0.25, 0.3) is 5.91 Å². The van der Waals surface area contributed by atoms with Gasteiger partial charge in [0.1, 0.15) is 11.3 Å². The molecule has 0 aliphatic carbocycles. The minimum atomic E-state index is -0.263. The lowest BCUT2D eigenvalue weighted by atomic mass is 10.1. The lowest BCUT2D eigenvalue weighted by Crippen LogP contribution is -2.28. The smallest absolute Gasteiger partial charge is 0.258 e. The van der Waals surface area contributed by atoms with E-state index < -0.39 is 0 Å². The van der Waals surface area contributed by atoms with Crippen molar-refractivity contribution in [3.63, 3.8) is 0 Å². The average molecular weight is 412 g/mol. The lowest BCUT2D eigenvalue weighted by molar-refractivity contribution is -0.123. The van der Waals surface area contributed by atoms with Gasteiger partial charge in [0.2, 0.25) is 5.91 Å². The van der Waals surface area contributed by atoms with Crippen molar-refractivity contribution in [1.82, 2.24) is 10.3 Å². The summed E-state index contributed by atoms with van der Waals surface area (Å²) in [5, 5.41) is 7.00. The van der Waals surface area contributed by atoms with Gasteiger partial charge < -0.3 is 15.4 Å². The third-order valence-corrected chi connectivity index (χ3v) is 4.58. The molecular weight excluding hydrogens is 390 g/mol. The van der Waals surface area contributed by atoms with E-state index in [1.807, 2.05) is 44.2 Å². The molecular formula is C22H22ClN3O3. The molecule has 3 aromatic rings. The van der Waals surface area contributed by atoms with E-state index in [-0.39, 0.29) is 24.3 Å². The molecule has 2 amide bonds. The minimum absolute atomic E-state index is 0.0524. The van der Waals surface area contributed by atoms with Crippen LogP contribution < -0.4 is 15.4 Å². The zero-order valence-corrected chi connectivity index (χ0v) is 17.0. The fourth-order valence-corrected chi connectivity index (χ4v) is 2.88. The second-order valence-electron chi connectivity index (χ2n) is 6.85. The highest BCUT2D eigenvalue weighted by Crippen LogP contribution is 2.29. The summed E-state index contributed by atoms with van der Waals surface area (Å²) in [6.07, 6.45) is 1.65. The van der Waals surface area contributed by atoms with Crippen molar-refractivity contribution in [2.75, 3.05) is 11.9 Å². The first kappa shape index (κ1) is 20.6. The van der Waals surface area contributed by atoms with Gasteiger partial charge in [0.05, 0.1) is 5.02 Å². The van der Waals surface area contributed by atoms with E-state index in [9.17, 15) is 9.59 Å². The van der Waals surface area contributed by atoms with Crippen LogP contribution in [0, 0.1) is 5.92 Å². The number of carbonyl (C=O) groups excluding carboxylic acids is 2. The molecule has 0 atom stereocenters. The molecule has 29 heavy (non-hydrogen) atoms. The van der Waals surface area contributed by atoms with Crippen molar-refractivity contribution in [2.45, 2.75) is 20.4 Å². The first-order valence-electron chi connectivity index (χ1n) is 9.26. The van der Waals surface area contributed by atoms with E-state index in [1.165, 1.54) is 0 Å². The number of fused-ring (bicyclic) bond motifs is 1. The first-order chi connectivity index (χ1) is 13.9. The summed E-state index contributed by atoms with van der Waals surface area (Å²) >= 11 is 6.17. The maximum Gasteiger partial charge on any atom is 0.258 e. The second-order valence-corrected chi connectivity index (χ2v) is 7.26. The van der Waals surface area contributed by atoms with Crippen LogP contribution in [0.5, 0.6) is 5.75 Å². The van der Waals surface area contributed by atoms with Crippen molar-refractivity contribution in [1.29, 1.82) is 0 Å². The zero-order chi connectivity index (χ0) is 20.8. The molecule has 3 rings (SSSR count). The molecule has 2 aromatic carbocycles. The maximum atomic E-state index is 12.2. The molecule has 1 heterocycles. The summed E-state index contributed by atoms with van der Waals surface area (Å²) < 4.78 is 5.64. The van der Waals surface area contributed by atoms with Crippen LogP contribution in [-0.4, -0.2) is 23.4 Å². The van der Waals surface area contributed by atoms with Gasteiger partial charge in [-0.2, -0.15) is 0 Å². The normalized spacial score (nSPS) is 10.8. The van der Waals surface area contributed by atoms with Crippen LogP contribution in [-0.2, 0) is 16.1 Å². The summed E-state index contributed by atoms with van der Waals surface area (Å²) in [4.78, 5) is 28.3. The van der Waals surface area contributed by atoms with Gasteiger partial charge in [-0.05, 0) is 42.0 Å². The fraction of sp³-hybridized carbons (Fsp3) is 0.227. The summed E-state index contributed by atoms with van der Waals surface area (Å²) in [5.74, 6) is 0.0801. The van der Waals surface area contributed by atoms with E-state index in [0.29, 0.717) is 28.5 Å². The van der Waals surface area contributed by atoms with E-state index >= 15 is 0 Å². The summed E-state index contributed by atoms with van der Waals surface area (Å²) in [5.41, 5.74) is 2.19. The highest BCUT2D eigenvalue weighted by atomic mass is 35.5. The summed E-state index contributed by atoms with van der Waals surface area (Å²) in [6, 6.07) is 14.4. The molecule has 6 nitrogen and oxygen atoms in total. The molecule has 0 spiro atoms. The first-order valence-corrected chi connectivity index (χ1v) is 9.64. The van der Waals surface area contributed by atoms with E-state index in [0.717, 1.165) is 10.9 Å². The Bertz CT molecular complexity index is 1040. The summed E-state index contributed by atoms with van der Waals surface area (Å²) in [7, 11) is 0. The number of nitrogens with one attached hydrogen (secondary N) is 2. The molecule has 0 aliphatic heterocycles. The van der Waals surface area contributed by atoms with Crippen LogP contribution in [0.1, 0.15) is 19.4 Å². The molecule has 0 unspecified atom stereocenters. The van der Waals surface area contributed by atoms with Crippen LogP contribution in [0.2, 0.25) is 5.02 Å². The van der Waals surface area contributed by atoms with Crippen molar-refractivity contribution in [3.05, 3.63) is 65.3 Å². The Morgan fingerprint density at radius 1 is 1.14 bits per heavy atom. The third-order valence-electron chi connectivity index (χ3n) is 4.25. The molecule has 150 valence electrons. The molecule has 1 aromatic heterocycles. The highest BCUT2D eigenvalue weighted by molar-refractivity contribution is 6.35.